The van der Waals surface area contributed by atoms with Crippen molar-refractivity contribution in [3.05, 3.63) is 70.8 Å². The van der Waals surface area contributed by atoms with E-state index in [-0.39, 0.29) is 6.04 Å². The maximum Gasteiger partial charge on any atom is 0.0554 e. The predicted molar refractivity (Wildman–Crippen MR) is 80.2 cm³/mol. The Morgan fingerprint density at radius 3 is 2.53 bits per heavy atom. The van der Waals surface area contributed by atoms with Crippen LogP contribution in [0.2, 0.25) is 0 Å². The molecule has 0 heterocycles. The van der Waals surface area contributed by atoms with Crippen LogP contribution in [0.3, 0.4) is 0 Å². The lowest BCUT2D eigenvalue weighted by atomic mass is 9.76. The highest BCUT2D eigenvalue weighted by atomic mass is 14.6. The van der Waals surface area contributed by atoms with E-state index in [9.17, 15) is 0 Å². The van der Waals surface area contributed by atoms with Crippen LogP contribution in [0.5, 0.6) is 0 Å². The van der Waals surface area contributed by atoms with Gasteiger partial charge in [-0.2, -0.15) is 0 Å². The largest absolute Gasteiger partial charge is 0.320 e. The molecule has 0 amide bonds. The summed E-state index contributed by atoms with van der Waals surface area (Å²) in [5.74, 6) is 0.729. The van der Waals surface area contributed by atoms with Crippen LogP contribution in [0.25, 0.3) is 0 Å². The molecule has 3 rings (SSSR count). The molecule has 1 heteroatoms. The Kier molecular flexibility index (Phi) is 3.39. The van der Waals surface area contributed by atoms with Crippen molar-refractivity contribution in [1.29, 1.82) is 0 Å². The van der Waals surface area contributed by atoms with E-state index < -0.39 is 0 Å². The van der Waals surface area contributed by atoms with Gasteiger partial charge in [0, 0.05) is 0 Å². The molecule has 1 aliphatic carbocycles. The zero-order chi connectivity index (χ0) is 13.2. The third-order valence-corrected chi connectivity index (χ3v) is 4.28. The van der Waals surface area contributed by atoms with E-state index in [1.54, 1.807) is 0 Å². The molecule has 1 fully saturated rings. The molecule has 98 valence electrons. The van der Waals surface area contributed by atoms with Crippen LogP contribution >= 0.6 is 0 Å². The summed E-state index contributed by atoms with van der Waals surface area (Å²) in [6, 6.07) is 17.2. The van der Waals surface area contributed by atoms with Crippen molar-refractivity contribution in [2.45, 2.75) is 38.1 Å². The second-order valence-corrected chi connectivity index (χ2v) is 5.65. The Morgan fingerprint density at radius 2 is 1.84 bits per heavy atom. The summed E-state index contributed by atoms with van der Waals surface area (Å²) >= 11 is 0. The smallest absolute Gasteiger partial charge is 0.0554 e. The number of nitrogens with two attached hydrogens (primary N) is 1. The summed E-state index contributed by atoms with van der Waals surface area (Å²) in [5, 5.41) is 0. The lowest BCUT2D eigenvalue weighted by molar-refractivity contribution is 0.416. The minimum atomic E-state index is -0.00306. The minimum absolute atomic E-state index is 0.00306. The van der Waals surface area contributed by atoms with E-state index in [4.69, 9.17) is 5.73 Å². The molecule has 1 saturated carbocycles. The average molecular weight is 251 g/mol. The van der Waals surface area contributed by atoms with E-state index in [1.807, 2.05) is 0 Å². The molecule has 1 atom stereocenters. The highest BCUT2D eigenvalue weighted by molar-refractivity contribution is 5.40. The van der Waals surface area contributed by atoms with E-state index in [0.717, 1.165) is 5.92 Å². The zero-order valence-electron chi connectivity index (χ0n) is 11.5. The molecular weight excluding hydrogens is 230 g/mol. The van der Waals surface area contributed by atoms with Crippen LogP contribution in [0, 0.1) is 6.92 Å². The zero-order valence-corrected chi connectivity index (χ0v) is 11.5. The quantitative estimate of drug-likeness (QED) is 0.864. The third-order valence-electron chi connectivity index (χ3n) is 4.28. The van der Waals surface area contributed by atoms with Crippen LogP contribution < -0.4 is 5.73 Å². The van der Waals surface area contributed by atoms with Gasteiger partial charge in [-0.3, -0.25) is 0 Å². The van der Waals surface area contributed by atoms with Gasteiger partial charge in [0.1, 0.15) is 0 Å². The molecule has 2 aromatic carbocycles. The first-order valence-corrected chi connectivity index (χ1v) is 7.16. The second-order valence-electron chi connectivity index (χ2n) is 5.65. The van der Waals surface area contributed by atoms with Gasteiger partial charge in [0.2, 0.25) is 0 Å². The Bertz CT molecular complexity index is 569. The van der Waals surface area contributed by atoms with Crippen molar-refractivity contribution in [3.8, 4) is 0 Å². The van der Waals surface area contributed by atoms with Crippen LogP contribution in [-0.4, -0.2) is 0 Å². The monoisotopic (exact) mass is 251 g/mol. The summed E-state index contributed by atoms with van der Waals surface area (Å²) in [5.41, 5.74) is 11.8. The third kappa shape index (κ3) is 2.43. The molecule has 1 unspecified atom stereocenters. The summed E-state index contributed by atoms with van der Waals surface area (Å²) in [6.45, 7) is 2.12. The van der Waals surface area contributed by atoms with Crippen LogP contribution in [0.1, 0.15) is 53.5 Å². The molecule has 1 aliphatic rings. The molecule has 1 nitrogen and oxygen atoms in total. The molecule has 0 aromatic heterocycles. The van der Waals surface area contributed by atoms with Gasteiger partial charge in [0.25, 0.3) is 0 Å². The fourth-order valence-electron chi connectivity index (χ4n) is 2.93. The van der Waals surface area contributed by atoms with Crippen LogP contribution in [0.4, 0.5) is 0 Å². The molecule has 0 saturated heterocycles. The number of aryl methyl sites for hydroxylation is 1. The fraction of sp³-hybridized carbons (Fsp3) is 0.333. The van der Waals surface area contributed by atoms with Crippen molar-refractivity contribution in [2.75, 3.05) is 0 Å². The Balaban J connectivity index is 1.97. The van der Waals surface area contributed by atoms with E-state index in [2.05, 4.69) is 55.5 Å². The molecule has 0 radical (unpaired) electrons. The lowest BCUT2D eigenvalue weighted by Gasteiger charge is -2.29. The summed E-state index contributed by atoms with van der Waals surface area (Å²) in [7, 11) is 0. The fourth-order valence-corrected chi connectivity index (χ4v) is 2.93. The molecule has 0 bridgehead atoms. The van der Waals surface area contributed by atoms with Gasteiger partial charge >= 0.3 is 0 Å². The maximum absolute atomic E-state index is 6.50. The summed E-state index contributed by atoms with van der Waals surface area (Å²) in [6.07, 6.45) is 3.99. The molecule has 0 aliphatic heterocycles. The van der Waals surface area contributed by atoms with Gasteiger partial charge in [-0.25, -0.2) is 0 Å². The number of hydrogen-bond donors (Lipinski definition) is 1. The lowest BCUT2D eigenvalue weighted by Crippen LogP contribution is -2.18. The summed E-state index contributed by atoms with van der Waals surface area (Å²) < 4.78 is 0. The van der Waals surface area contributed by atoms with Gasteiger partial charge < -0.3 is 5.73 Å². The van der Waals surface area contributed by atoms with Gasteiger partial charge in [0.15, 0.2) is 0 Å². The molecular formula is C18H21N. The Labute approximate surface area is 115 Å². The van der Waals surface area contributed by atoms with Crippen molar-refractivity contribution < 1.29 is 0 Å². The maximum atomic E-state index is 6.50. The highest BCUT2D eigenvalue weighted by Crippen LogP contribution is 2.40. The Morgan fingerprint density at radius 1 is 1.05 bits per heavy atom. The normalized spacial score (nSPS) is 16.9. The molecule has 2 N–H and O–H groups in total. The Hall–Kier alpha value is -1.60. The van der Waals surface area contributed by atoms with Crippen LogP contribution in [0.15, 0.2) is 48.5 Å². The molecule has 0 spiro atoms. The van der Waals surface area contributed by atoms with E-state index >= 15 is 0 Å². The first-order valence-electron chi connectivity index (χ1n) is 7.16. The van der Waals surface area contributed by atoms with Gasteiger partial charge in [-0.1, -0.05) is 60.5 Å². The van der Waals surface area contributed by atoms with Gasteiger partial charge in [0.05, 0.1) is 6.04 Å². The SMILES string of the molecule is Cc1cccc(C(N)c2ccccc2C2CCC2)c1. The predicted octanol–water partition coefficient (Wildman–Crippen LogP) is 4.31. The minimum Gasteiger partial charge on any atom is -0.320 e. The number of hydrogen-bond acceptors (Lipinski definition) is 1. The molecule has 2 aromatic rings. The number of rotatable bonds is 3. The number of benzene rings is 2. The standard InChI is InChI=1S/C18H21N/c1-13-6-4-9-15(12-13)18(19)17-11-3-2-10-16(17)14-7-5-8-14/h2-4,6,9-12,14,18H,5,7-8,19H2,1H3. The second kappa shape index (κ2) is 5.18. The first kappa shape index (κ1) is 12.4. The van der Waals surface area contributed by atoms with E-state index in [0.29, 0.717) is 0 Å². The van der Waals surface area contributed by atoms with Gasteiger partial charge in [-0.05, 0) is 42.4 Å². The van der Waals surface area contributed by atoms with Gasteiger partial charge in [-0.15, -0.1) is 0 Å². The van der Waals surface area contributed by atoms with Crippen LogP contribution in [-0.2, 0) is 0 Å². The van der Waals surface area contributed by atoms with Crippen molar-refractivity contribution >= 4 is 0 Å². The van der Waals surface area contributed by atoms with E-state index in [1.165, 1.54) is 41.5 Å². The van der Waals surface area contributed by atoms with Crippen molar-refractivity contribution in [1.82, 2.24) is 0 Å². The topological polar surface area (TPSA) is 26.0 Å². The average Bonchev–Trinajstić information content (AvgIpc) is 2.37. The van der Waals surface area contributed by atoms with Crippen molar-refractivity contribution in [3.63, 3.8) is 0 Å². The van der Waals surface area contributed by atoms with Crippen molar-refractivity contribution in [2.24, 2.45) is 5.73 Å². The summed E-state index contributed by atoms with van der Waals surface area (Å²) in [4.78, 5) is 0. The first-order chi connectivity index (χ1) is 9.25. The molecule has 19 heavy (non-hydrogen) atoms. The highest BCUT2D eigenvalue weighted by Gasteiger charge is 2.24.